The van der Waals surface area contributed by atoms with Crippen LogP contribution in [0.15, 0.2) is 18.2 Å². The van der Waals surface area contributed by atoms with Gasteiger partial charge in [0.2, 0.25) is 0 Å². The minimum absolute atomic E-state index is 0.116. The van der Waals surface area contributed by atoms with Gasteiger partial charge in [-0.25, -0.2) is 0 Å². The van der Waals surface area contributed by atoms with Crippen LogP contribution in [0.4, 0.5) is 0 Å². The normalized spacial score (nSPS) is 12.5. The third-order valence-corrected chi connectivity index (χ3v) is 3.08. The average molecular weight is 241 g/mol. The fourth-order valence-electron chi connectivity index (χ4n) is 1.36. The topological polar surface area (TPSA) is 26.3 Å². The summed E-state index contributed by atoms with van der Waals surface area (Å²) in [7, 11) is 1.65. The van der Waals surface area contributed by atoms with Crippen molar-refractivity contribution in [1.29, 1.82) is 0 Å². The first-order valence-electron chi connectivity index (χ1n) is 5.36. The third-order valence-electron chi connectivity index (χ3n) is 2.67. The van der Waals surface area contributed by atoms with Crippen LogP contribution < -0.4 is 0 Å². The molecule has 16 heavy (non-hydrogen) atoms. The van der Waals surface area contributed by atoms with E-state index in [4.69, 9.17) is 16.3 Å². The summed E-state index contributed by atoms with van der Waals surface area (Å²) < 4.78 is 5.10. The molecule has 0 bridgehead atoms. The Kier molecular flexibility index (Phi) is 4.97. The van der Waals surface area contributed by atoms with Crippen LogP contribution in [-0.2, 0) is 4.74 Å². The molecule has 1 atom stereocenters. The van der Waals surface area contributed by atoms with Crippen molar-refractivity contribution < 1.29 is 9.53 Å². The molecule has 1 aromatic carbocycles. The van der Waals surface area contributed by atoms with Crippen LogP contribution in [-0.4, -0.2) is 19.0 Å². The van der Waals surface area contributed by atoms with Gasteiger partial charge in [-0.1, -0.05) is 23.7 Å². The lowest BCUT2D eigenvalue weighted by Crippen LogP contribution is -2.08. The lowest BCUT2D eigenvalue weighted by atomic mass is 10.0. The molecule has 88 valence electrons. The smallest absolute Gasteiger partial charge is 0.163 e. The van der Waals surface area contributed by atoms with Gasteiger partial charge >= 0.3 is 0 Å². The van der Waals surface area contributed by atoms with E-state index >= 15 is 0 Å². The number of carbonyl (C=O) groups excluding carboxylic acids is 1. The molecule has 0 radical (unpaired) electrons. The van der Waals surface area contributed by atoms with E-state index in [9.17, 15) is 4.79 Å². The molecule has 0 aromatic heterocycles. The van der Waals surface area contributed by atoms with E-state index in [1.54, 1.807) is 13.2 Å². The maximum atomic E-state index is 11.8. The Labute approximate surface area is 102 Å². The average Bonchev–Trinajstić information content (AvgIpc) is 2.29. The van der Waals surface area contributed by atoms with E-state index in [1.165, 1.54) is 0 Å². The molecule has 0 heterocycles. The molecule has 3 heteroatoms. The van der Waals surface area contributed by atoms with Crippen molar-refractivity contribution in [3.63, 3.8) is 0 Å². The van der Waals surface area contributed by atoms with Gasteiger partial charge in [-0.05, 0) is 31.9 Å². The number of aryl methyl sites for hydroxylation is 1. The largest absolute Gasteiger partial charge is 0.382 e. The number of benzene rings is 1. The molecule has 1 rings (SSSR count). The Bertz CT molecular complexity index is 374. The predicted molar refractivity (Wildman–Crippen MR) is 66.2 cm³/mol. The number of halogens is 1. The molecule has 0 N–H and O–H groups in total. The standard InChI is InChI=1S/C13H17ClO2/c1-9-4-6-11(8-12(9)14)13(15)7-5-10(2)16-3/h4,6,8,10H,5,7H2,1-3H3. The maximum absolute atomic E-state index is 11.8. The van der Waals surface area contributed by atoms with Gasteiger partial charge in [0.25, 0.3) is 0 Å². The summed E-state index contributed by atoms with van der Waals surface area (Å²) in [4.78, 5) is 11.8. The molecule has 0 aliphatic carbocycles. The highest BCUT2D eigenvalue weighted by molar-refractivity contribution is 6.31. The van der Waals surface area contributed by atoms with Gasteiger partial charge < -0.3 is 4.74 Å². The predicted octanol–water partition coefficient (Wildman–Crippen LogP) is 3.65. The zero-order valence-corrected chi connectivity index (χ0v) is 10.7. The second-order valence-corrected chi connectivity index (χ2v) is 4.38. The van der Waals surface area contributed by atoms with Crippen LogP contribution in [0.25, 0.3) is 0 Å². The number of methoxy groups -OCH3 is 1. The number of hydrogen-bond acceptors (Lipinski definition) is 2. The zero-order valence-electron chi connectivity index (χ0n) is 9.92. The Hall–Kier alpha value is -0.860. The first kappa shape index (κ1) is 13.2. The molecule has 0 fully saturated rings. The lowest BCUT2D eigenvalue weighted by molar-refractivity contribution is 0.0878. The summed E-state index contributed by atoms with van der Waals surface area (Å²) in [5, 5.41) is 0.644. The third kappa shape index (κ3) is 3.62. The van der Waals surface area contributed by atoms with Gasteiger partial charge in [0, 0.05) is 24.1 Å². The molecule has 0 aliphatic rings. The SMILES string of the molecule is COC(C)CCC(=O)c1ccc(C)c(Cl)c1. The van der Waals surface area contributed by atoms with Crippen LogP contribution in [0.5, 0.6) is 0 Å². The first-order valence-corrected chi connectivity index (χ1v) is 5.74. The second kappa shape index (κ2) is 6.02. The molecule has 2 nitrogen and oxygen atoms in total. The number of ether oxygens (including phenoxy) is 1. The van der Waals surface area contributed by atoms with Crippen LogP contribution in [0.3, 0.4) is 0 Å². The molecular weight excluding hydrogens is 224 g/mol. The van der Waals surface area contributed by atoms with E-state index in [-0.39, 0.29) is 11.9 Å². The Morgan fingerprint density at radius 1 is 1.50 bits per heavy atom. The van der Waals surface area contributed by atoms with Gasteiger partial charge in [0.1, 0.15) is 0 Å². The quantitative estimate of drug-likeness (QED) is 0.735. The summed E-state index contributed by atoms with van der Waals surface area (Å²) in [6.45, 7) is 3.87. The molecule has 1 aromatic rings. The van der Waals surface area contributed by atoms with E-state index in [0.717, 1.165) is 12.0 Å². The monoisotopic (exact) mass is 240 g/mol. The van der Waals surface area contributed by atoms with E-state index in [2.05, 4.69) is 0 Å². The van der Waals surface area contributed by atoms with Crippen molar-refractivity contribution in [3.05, 3.63) is 34.3 Å². The number of hydrogen-bond donors (Lipinski definition) is 0. The molecule has 0 aliphatic heterocycles. The Morgan fingerprint density at radius 2 is 2.19 bits per heavy atom. The van der Waals surface area contributed by atoms with E-state index in [0.29, 0.717) is 17.0 Å². The number of rotatable bonds is 5. The van der Waals surface area contributed by atoms with Gasteiger partial charge in [-0.3, -0.25) is 4.79 Å². The molecule has 0 amide bonds. The van der Waals surface area contributed by atoms with Gasteiger partial charge in [0.15, 0.2) is 5.78 Å². The Balaban J connectivity index is 2.63. The summed E-state index contributed by atoms with van der Waals surface area (Å²) in [6.07, 6.45) is 1.35. The highest BCUT2D eigenvalue weighted by atomic mass is 35.5. The van der Waals surface area contributed by atoms with Crippen LogP contribution in [0.2, 0.25) is 5.02 Å². The van der Waals surface area contributed by atoms with Crippen LogP contribution >= 0.6 is 11.6 Å². The molecule has 0 spiro atoms. The second-order valence-electron chi connectivity index (χ2n) is 3.97. The van der Waals surface area contributed by atoms with Crippen molar-refractivity contribution >= 4 is 17.4 Å². The first-order chi connectivity index (χ1) is 7.54. The molecule has 0 saturated heterocycles. The number of carbonyl (C=O) groups is 1. The minimum Gasteiger partial charge on any atom is -0.382 e. The highest BCUT2D eigenvalue weighted by Gasteiger charge is 2.09. The van der Waals surface area contributed by atoms with Gasteiger partial charge in [-0.2, -0.15) is 0 Å². The summed E-state index contributed by atoms with van der Waals surface area (Å²) in [5.74, 6) is 0.116. The lowest BCUT2D eigenvalue weighted by Gasteiger charge is -2.08. The van der Waals surface area contributed by atoms with E-state index < -0.39 is 0 Å². The highest BCUT2D eigenvalue weighted by Crippen LogP contribution is 2.18. The van der Waals surface area contributed by atoms with Crippen LogP contribution in [0, 0.1) is 6.92 Å². The molecule has 0 saturated carbocycles. The van der Waals surface area contributed by atoms with Crippen molar-refractivity contribution in [3.8, 4) is 0 Å². The van der Waals surface area contributed by atoms with Crippen LogP contribution in [0.1, 0.15) is 35.7 Å². The van der Waals surface area contributed by atoms with Gasteiger partial charge in [-0.15, -0.1) is 0 Å². The van der Waals surface area contributed by atoms with Crippen molar-refractivity contribution in [2.24, 2.45) is 0 Å². The summed E-state index contributed by atoms with van der Waals surface area (Å²) >= 11 is 5.97. The molecular formula is C13H17ClO2. The zero-order chi connectivity index (χ0) is 12.1. The fraction of sp³-hybridized carbons (Fsp3) is 0.462. The number of ketones is 1. The maximum Gasteiger partial charge on any atom is 0.163 e. The summed E-state index contributed by atoms with van der Waals surface area (Å²) in [5.41, 5.74) is 1.67. The number of Topliss-reactive ketones (excluding diaryl/α,β-unsaturated/α-hetero) is 1. The summed E-state index contributed by atoms with van der Waals surface area (Å²) in [6, 6.07) is 5.42. The van der Waals surface area contributed by atoms with E-state index in [1.807, 2.05) is 26.0 Å². The molecule has 1 unspecified atom stereocenters. The van der Waals surface area contributed by atoms with Crippen molar-refractivity contribution in [1.82, 2.24) is 0 Å². The Morgan fingerprint density at radius 3 is 2.75 bits per heavy atom. The van der Waals surface area contributed by atoms with Crippen molar-refractivity contribution in [2.45, 2.75) is 32.8 Å². The fourth-order valence-corrected chi connectivity index (χ4v) is 1.54. The van der Waals surface area contributed by atoms with Gasteiger partial charge in [0.05, 0.1) is 6.10 Å². The minimum atomic E-state index is 0.116. The van der Waals surface area contributed by atoms with Crippen molar-refractivity contribution in [2.75, 3.05) is 7.11 Å².